The van der Waals surface area contributed by atoms with Crippen LogP contribution in [-0.4, -0.2) is 37.0 Å². The highest BCUT2D eigenvalue weighted by Crippen LogP contribution is 2.23. The molecule has 0 radical (unpaired) electrons. The van der Waals surface area contributed by atoms with Gasteiger partial charge in [-0.2, -0.15) is 0 Å². The topological polar surface area (TPSA) is 6.48 Å². The van der Waals surface area contributed by atoms with Crippen molar-refractivity contribution in [1.29, 1.82) is 0 Å². The van der Waals surface area contributed by atoms with Crippen LogP contribution in [0.1, 0.15) is 10.4 Å². The van der Waals surface area contributed by atoms with E-state index in [0.29, 0.717) is 10.0 Å². The summed E-state index contributed by atoms with van der Waals surface area (Å²) in [5, 5.41) is 3.36. The van der Waals surface area contributed by atoms with Crippen LogP contribution in [0.4, 0.5) is 0 Å². The van der Waals surface area contributed by atoms with Gasteiger partial charge in [-0.3, -0.25) is 4.90 Å². The average Bonchev–Trinajstić information content (AvgIpc) is 2.93. The fraction of sp³-hybridized carbons (Fsp3) is 0.375. The van der Waals surface area contributed by atoms with Gasteiger partial charge in [-0.1, -0.05) is 35.3 Å². The van der Waals surface area contributed by atoms with Crippen LogP contribution in [0.3, 0.4) is 0 Å². The summed E-state index contributed by atoms with van der Waals surface area (Å²) in [5.74, 6) is 0. The van der Waals surface area contributed by atoms with Gasteiger partial charge in [0.25, 0.3) is 0 Å². The van der Waals surface area contributed by atoms with Gasteiger partial charge in [0, 0.05) is 31.1 Å². The highest BCUT2D eigenvalue weighted by atomic mass is 35.5. The van der Waals surface area contributed by atoms with Crippen molar-refractivity contribution in [2.45, 2.75) is 13.1 Å². The first-order chi connectivity index (χ1) is 10.0. The Morgan fingerprint density at radius 1 is 1.00 bits per heavy atom. The lowest BCUT2D eigenvalue weighted by Crippen LogP contribution is -2.30. The van der Waals surface area contributed by atoms with Gasteiger partial charge in [0.2, 0.25) is 0 Å². The second-order valence-corrected chi connectivity index (χ2v) is 7.19. The minimum Gasteiger partial charge on any atom is -0.308 e. The normalized spacial score (nSPS) is 11.5. The number of rotatable bonds is 7. The first-order valence-corrected chi connectivity index (χ1v) is 8.51. The molecule has 5 heteroatoms. The van der Waals surface area contributed by atoms with Crippen molar-refractivity contribution in [2.75, 3.05) is 27.2 Å². The molecule has 2 rings (SSSR count). The maximum absolute atomic E-state index is 6.11. The van der Waals surface area contributed by atoms with Crippen molar-refractivity contribution in [3.05, 3.63) is 56.2 Å². The number of likely N-dealkylation sites (N-methyl/N-ethyl adjacent to an activating group) is 1. The van der Waals surface area contributed by atoms with Crippen LogP contribution in [-0.2, 0) is 13.1 Å². The Labute approximate surface area is 140 Å². The third kappa shape index (κ3) is 5.61. The van der Waals surface area contributed by atoms with E-state index in [9.17, 15) is 0 Å². The summed E-state index contributed by atoms with van der Waals surface area (Å²) < 4.78 is 0. The van der Waals surface area contributed by atoms with E-state index in [-0.39, 0.29) is 0 Å². The lowest BCUT2D eigenvalue weighted by atomic mass is 10.2. The molecule has 1 aromatic carbocycles. The summed E-state index contributed by atoms with van der Waals surface area (Å²) in [4.78, 5) is 6.02. The first-order valence-electron chi connectivity index (χ1n) is 6.88. The van der Waals surface area contributed by atoms with E-state index in [1.165, 1.54) is 10.4 Å². The smallest absolute Gasteiger partial charge is 0.0595 e. The summed E-state index contributed by atoms with van der Waals surface area (Å²) in [6.45, 7) is 3.90. The number of hydrogen-bond donors (Lipinski definition) is 0. The fourth-order valence-corrected chi connectivity index (χ4v) is 3.14. The zero-order chi connectivity index (χ0) is 15.2. The SMILES string of the molecule is CN(C)CCN(Cc1ccc(Cl)c(Cl)c1)Cc1cccs1. The van der Waals surface area contributed by atoms with Crippen molar-refractivity contribution >= 4 is 34.5 Å². The fourth-order valence-electron chi connectivity index (χ4n) is 2.07. The lowest BCUT2D eigenvalue weighted by Gasteiger charge is -2.24. The Morgan fingerprint density at radius 3 is 2.43 bits per heavy atom. The third-order valence-corrected chi connectivity index (χ3v) is 4.81. The van der Waals surface area contributed by atoms with Crippen molar-refractivity contribution in [2.24, 2.45) is 0 Å². The van der Waals surface area contributed by atoms with Gasteiger partial charge in [0.1, 0.15) is 0 Å². The number of halogens is 2. The minimum absolute atomic E-state index is 0.610. The maximum Gasteiger partial charge on any atom is 0.0595 e. The minimum atomic E-state index is 0.610. The molecule has 2 aromatic rings. The second kappa shape index (κ2) is 8.16. The lowest BCUT2D eigenvalue weighted by molar-refractivity contribution is 0.228. The number of nitrogens with zero attached hydrogens (tertiary/aromatic N) is 2. The van der Waals surface area contributed by atoms with Gasteiger partial charge in [0.05, 0.1) is 10.0 Å². The molecule has 0 spiro atoms. The van der Waals surface area contributed by atoms with Crippen LogP contribution in [0, 0.1) is 0 Å². The Morgan fingerprint density at radius 2 is 1.81 bits per heavy atom. The van der Waals surface area contributed by atoms with Gasteiger partial charge in [-0.25, -0.2) is 0 Å². The van der Waals surface area contributed by atoms with Gasteiger partial charge < -0.3 is 4.90 Å². The maximum atomic E-state index is 6.11. The molecule has 1 heterocycles. The molecule has 0 aliphatic rings. The van der Waals surface area contributed by atoms with E-state index < -0.39 is 0 Å². The molecule has 1 aromatic heterocycles. The summed E-state index contributed by atoms with van der Waals surface area (Å²) in [6, 6.07) is 10.2. The van der Waals surface area contributed by atoms with Crippen molar-refractivity contribution in [1.82, 2.24) is 9.80 Å². The van der Waals surface area contributed by atoms with Crippen LogP contribution in [0.2, 0.25) is 10.0 Å². The quantitative estimate of drug-likeness (QED) is 0.724. The molecule has 0 atom stereocenters. The third-order valence-electron chi connectivity index (χ3n) is 3.21. The Kier molecular flexibility index (Phi) is 6.52. The summed E-state index contributed by atoms with van der Waals surface area (Å²) >= 11 is 13.9. The first kappa shape index (κ1) is 16.8. The highest BCUT2D eigenvalue weighted by molar-refractivity contribution is 7.09. The van der Waals surface area contributed by atoms with E-state index in [4.69, 9.17) is 23.2 Å². The highest BCUT2D eigenvalue weighted by Gasteiger charge is 2.09. The predicted molar refractivity (Wildman–Crippen MR) is 93.4 cm³/mol. The van der Waals surface area contributed by atoms with Gasteiger partial charge in [-0.05, 0) is 43.2 Å². The predicted octanol–water partition coefficient (Wildman–Crippen LogP) is 4.62. The number of benzene rings is 1. The Balaban J connectivity index is 2.04. The molecule has 0 saturated carbocycles. The van der Waals surface area contributed by atoms with Crippen molar-refractivity contribution in [3.63, 3.8) is 0 Å². The monoisotopic (exact) mass is 342 g/mol. The zero-order valence-electron chi connectivity index (χ0n) is 12.4. The van der Waals surface area contributed by atoms with Crippen LogP contribution in [0.15, 0.2) is 35.7 Å². The van der Waals surface area contributed by atoms with Gasteiger partial charge in [-0.15, -0.1) is 11.3 Å². The average molecular weight is 343 g/mol. The largest absolute Gasteiger partial charge is 0.308 e. The molecule has 0 bridgehead atoms. The van der Waals surface area contributed by atoms with E-state index in [0.717, 1.165) is 26.2 Å². The molecular weight excluding hydrogens is 323 g/mol. The number of thiophene rings is 1. The van der Waals surface area contributed by atoms with Crippen molar-refractivity contribution < 1.29 is 0 Å². The molecule has 0 saturated heterocycles. The van der Waals surface area contributed by atoms with E-state index in [2.05, 4.69) is 41.4 Å². The zero-order valence-corrected chi connectivity index (χ0v) is 14.7. The molecule has 2 nitrogen and oxygen atoms in total. The van der Waals surface area contributed by atoms with Gasteiger partial charge >= 0.3 is 0 Å². The van der Waals surface area contributed by atoms with E-state index in [1.54, 1.807) is 11.3 Å². The molecule has 21 heavy (non-hydrogen) atoms. The molecule has 0 fully saturated rings. The summed E-state index contributed by atoms with van der Waals surface area (Å²) in [7, 11) is 4.20. The van der Waals surface area contributed by atoms with E-state index >= 15 is 0 Å². The van der Waals surface area contributed by atoms with E-state index in [1.807, 2.05) is 18.2 Å². The summed E-state index contributed by atoms with van der Waals surface area (Å²) in [6.07, 6.45) is 0. The van der Waals surface area contributed by atoms with Crippen LogP contribution >= 0.6 is 34.5 Å². The van der Waals surface area contributed by atoms with Crippen LogP contribution in [0.25, 0.3) is 0 Å². The van der Waals surface area contributed by atoms with Gasteiger partial charge in [0.15, 0.2) is 0 Å². The standard InChI is InChI=1S/C16H20Cl2N2S/c1-19(2)7-8-20(12-14-4-3-9-21-14)11-13-5-6-15(17)16(18)10-13/h3-6,9-10H,7-8,11-12H2,1-2H3. The molecule has 0 aliphatic heterocycles. The van der Waals surface area contributed by atoms with Crippen LogP contribution in [0.5, 0.6) is 0 Å². The Hall–Kier alpha value is -0.580. The number of hydrogen-bond acceptors (Lipinski definition) is 3. The molecule has 0 aliphatic carbocycles. The molecule has 0 N–H and O–H groups in total. The molecule has 0 amide bonds. The van der Waals surface area contributed by atoms with Crippen molar-refractivity contribution in [3.8, 4) is 0 Å². The van der Waals surface area contributed by atoms with Crippen LogP contribution < -0.4 is 0 Å². The molecule has 114 valence electrons. The Bertz CT molecular complexity index is 555. The summed E-state index contributed by atoms with van der Waals surface area (Å²) in [5.41, 5.74) is 1.19. The molecular formula is C16H20Cl2N2S. The second-order valence-electron chi connectivity index (χ2n) is 5.34. The molecule has 0 unspecified atom stereocenters.